The lowest BCUT2D eigenvalue weighted by molar-refractivity contribution is -0.128. The number of hydrogen-bond acceptors (Lipinski definition) is 6. The van der Waals surface area contributed by atoms with E-state index >= 15 is 4.39 Å². The largest absolute Gasteiger partial charge is 0.366 e. The molecule has 0 saturated carbocycles. The van der Waals surface area contributed by atoms with Crippen LogP contribution in [0.3, 0.4) is 0 Å². The number of carbonyl (C=O) groups excluding carboxylic acids is 2. The lowest BCUT2D eigenvalue weighted by Crippen LogP contribution is -2.40. The third-order valence-electron chi connectivity index (χ3n) is 7.51. The van der Waals surface area contributed by atoms with Crippen LogP contribution >= 0.6 is 11.6 Å². The smallest absolute Gasteiger partial charge is 0.248 e. The number of imidazole rings is 1. The normalized spacial score (nSPS) is 18.9. The average molecular weight is 565 g/mol. The van der Waals surface area contributed by atoms with Crippen LogP contribution in [0.1, 0.15) is 47.4 Å². The maximum Gasteiger partial charge on any atom is 0.248 e. The molecule has 3 N–H and O–H groups in total. The molecule has 204 valence electrons. The van der Waals surface area contributed by atoms with Gasteiger partial charge in [0.1, 0.15) is 18.0 Å². The zero-order valence-corrected chi connectivity index (χ0v) is 21.8. The first-order valence-electron chi connectivity index (χ1n) is 12.7. The van der Waals surface area contributed by atoms with Gasteiger partial charge in [-0.25, -0.2) is 13.8 Å². The first-order chi connectivity index (χ1) is 19.3. The van der Waals surface area contributed by atoms with Gasteiger partial charge in [0.25, 0.3) is 0 Å². The molecule has 10 nitrogen and oxygen atoms in total. The number of nitrogens with one attached hydrogen (secondary N) is 1. The van der Waals surface area contributed by atoms with E-state index in [0.717, 1.165) is 18.9 Å². The Hall–Kier alpha value is -4.45. The molecule has 2 aliphatic rings. The maximum atomic E-state index is 15.3. The second-order valence-electron chi connectivity index (χ2n) is 9.86. The fourth-order valence-corrected chi connectivity index (χ4v) is 5.80. The van der Waals surface area contributed by atoms with E-state index in [2.05, 4.69) is 25.5 Å². The minimum absolute atomic E-state index is 0.0156. The summed E-state index contributed by atoms with van der Waals surface area (Å²) in [5.41, 5.74) is 7.14. The van der Waals surface area contributed by atoms with E-state index in [9.17, 15) is 14.0 Å². The SMILES string of the molecule is NC(=O)c1ccc(-c2cnc(C[C@@H]3CC[C@H]4CCC(c5c(-n6cnnn6)ccc(Cl)c5F)=CC(=O)N43)[nH]2)c(F)c1. The number of benzene rings is 2. The van der Waals surface area contributed by atoms with E-state index in [-0.39, 0.29) is 39.7 Å². The summed E-state index contributed by atoms with van der Waals surface area (Å²) in [7, 11) is 0. The minimum atomic E-state index is -0.712. The van der Waals surface area contributed by atoms with Crippen molar-refractivity contribution in [2.24, 2.45) is 5.73 Å². The van der Waals surface area contributed by atoms with Crippen LogP contribution in [0.4, 0.5) is 8.78 Å². The Labute approximate surface area is 231 Å². The summed E-state index contributed by atoms with van der Waals surface area (Å²) in [4.78, 5) is 34.3. The number of aromatic nitrogens is 6. The number of rotatable bonds is 6. The zero-order valence-electron chi connectivity index (χ0n) is 21.0. The summed E-state index contributed by atoms with van der Waals surface area (Å²) in [5.74, 6) is -1.56. The third-order valence-corrected chi connectivity index (χ3v) is 7.80. The van der Waals surface area contributed by atoms with E-state index < -0.39 is 17.5 Å². The molecule has 4 heterocycles. The van der Waals surface area contributed by atoms with Gasteiger partial charge in [0.05, 0.1) is 22.6 Å². The van der Waals surface area contributed by atoms with Crippen LogP contribution in [0.2, 0.25) is 5.02 Å². The Morgan fingerprint density at radius 2 is 2.02 bits per heavy atom. The summed E-state index contributed by atoms with van der Waals surface area (Å²) in [5, 5.41) is 11.1. The Morgan fingerprint density at radius 3 is 2.77 bits per heavy atom. The topological polar surface area (TPSA) is 136 Å². The lowest BCUT2D eigenvalue weighted by atomic mass is 9.96. The van der Waals surface area contributed by atoms with Crippen molar-refractivity contribution in [3.8, 4) is 16.9 Å². The predicted molar refractivity (Wildman–Crippen MR) is 141 cm³/mol. The summed E-state index contributed by atoms with van der Waals surface area (Å²) < 4.78 is 31.3. The molecule has 2 aliphatic heterocycles. The van der Waals surface area contributed by atoms with Crippen LogP contribution in [0, 0.1) is 11.6 Å². The number of aromatic amines is 1. The van der Waals surface area contributed by atoms with Crippen molar-refractivity contribution >= 4 is 29.0 Å². The molecule has 0 aliphatic carbocycles. The second kappa shape index (κ2) is 10.3. The number of hydrogen-bond donors (Lipinski definition) is 2. The average Bonchev–Trinajstić information content (AvgIpc) is 3.68. The first-order valence-corrected chi connectivity index (χ1v) is 13.1. The molecule has 2 amide bonds. The number of carbonyl (C=O) groups is 2. The van der Waals surface area contributed by atoms with Crippen LogP contribution in [0.25, 0.3) is 22.5 Å². The van der Waals surface area contributed by atoms with E-state index in [1.54, 1.807) is 6.07 Å². The Bertz CT molecular complexity index is 1650. The van der Waals surface area contributed by atoms with Gasteiger partial charge in [-0.2, -0.15) is 4.68 Å². The highest BCUT2D eigenvalue weighted by atomic mass is 35.5. The lowest BCUT2D eigenvalue weighted by Gasteiger charge is -2.28. The molecule has 2 aromatic carbocycles. The van der Waals surface area contributed by atoms with Gasteiger partial charge in [-0.05, 0) is 72.0 Å². The van der Waals surface area contributed by atoms with Crippen LogP contribution in [0.15, 0.2) is 48.9 Å². The number of H-pyrrole nitrogens is 1. The van der Waals surface area contributed by atoms with Gasteiger partial charge in [-0.15, -0.1) is 5.10 Å². The van der Waals surface area contributed by atoms with Crippen molar-refractivity contribution in [2.45, 2.75) is 44.2 Å². The molecule has 0 spiro atoms. The van der Waals surface area contributed by atoms with Gasteiger partial charge in [0.2, 0.25) is 11.8 Å². The maximum absolute atomic E-state index is 15.3. The number of halogens is 3. The number of nitrogens with two attached hydrogens (primary N) is 1. The number of primary amides is 1. The van der Waals surface area contributed by atoms with Gasteiger partial charge in [-0.1, -0.05) is 11.6 Å². The molecule has 0 bridgehead atoms. The van der Waals surface area contributed by atoms with Gasteiger partial charge in [0, 0.05) is 41.3 Å². The Balaban J connectivity index is 1.26. The fourth-order valence-electron chi connectivity index (χ4n) is 5.64. The standard InChI is InChI=1S/C27H23ClF2N8O2/c28-19-7-8-22(37-13-33-35-36-37)25(26(19)30)14-1-3-16-4-5-17(38(16)24(39)10-14)11-23-32-12-21(34-23)18-6-2-15(27(31)40)9-20(18)29/h2,6-10,12-13,16-17H,1,3-5,11H2,(H2,31,40)(H,32,34)/t16-,17+/m1/s1. The summed E-state index contributed by atoms with van der Waals surface area (Å²) in [6, 6.07) is 6.91. The molecule has 0 radical (unpaired) electrons. The predicted octanol–water partition coefficient (Wildman–Crippen LogP) is 3.86. The second-order valence-corrected chi connectivity index (χ2v) is 10.3. The zero-order chi connectivity index (χ0) is 28.0. The molecule has 2 atom stereocenters. The van der Waals surface area contributed by atoms with Gasteiger partial charge in [-0.3, -0.25) is 9.59 Å². The van der Waals surface area contributed by atoms with Crippen LogP contribution < -0.4 is 5.73 Å². The molecule has 13 heteroatoms. The molecular weight excluding hydrogens is 542 g/mol. The van der Waals surface area contributed by atoms with E-state index in [4.69, 9.17) is 17.3 Å². The molecule has 6 rings (SSSR count). The molecule has 4 aromatic rings. The van der Waals surface area contributed by atoms with Gasteiger partial charge >= 0.3 is 0 Å². The molecule has 1 fully saturated rings. The first kappa shape index (κ1) is 25.8. The van der Waals surface area contributed by atoms with Gasteiger partial charge in [0.15, 0.2) is 5.82 Å². The summed E-state index contributed by atoms with van der Waals surface area (Å²) >= 11 is 6.12. The number of amides is 2. The molecule has 1 saturated heterocycles. The molecular formula is C27H23ClF2N8O2. The molecule has 2 aromatic heterocycles. The van der Waals surface area contributed by atoms with E-state index in [0.29, 0.717) is 42.0 Å². The summed E-state index contributed by atoms with van der Waals surface area (Å²) in [6.45, 7) is 0. The Morgan fingerprint density at radius 1 is 1.18 bits per heavy atom. The van der Waals surface area contributed by atoms with Crippen molar-refractivity contribution < 1.29 is 18.4 Å². The molecule has 0 unspecified atom stereocenters. The van der Waals surface area contributed by atoms with Crippen LogP contribution in [0.5, 0.6) is 0 Å². The highest BCUT2D eigenvalue weighted by molar-refractivity contribution is 6.31. The van der Waals surface area contributed by atoms with Crippen molar-refractivity contribution in [3.63, 3.8) is 0 Å². The van der Waals surface area contributed by atoms with Gasteiger partial charge < -0.3 is 15.6 Å². The number of fused-ring (bicyclic) bond motifs is 1. The number of tetrazole rings is 1. The van der Waals surface area contributed by atoms with Crippen molar-refractivity contribution in [1.82, 2.24) is 35.1 Å². The quantitative estimate of drug-likeness (QED) is 0.365. The van der Waals surface area contributed by atoms with Crippen molar-refractivity contribution in [3.05, 3.63) is 82.5 Å². The van der Waals surface area contributed by atoms with Crippen LogP contribution in [-0.2, 0) is 11.2 Å². The third kappa shape index (κ3) is 4.64. The van der Waals surface area contributed by atoms with Crippen molar-refractivity contribution in [1.29, 1.82) is 0 Å². The Kier molecular flexibility index (Phi) is 6.62. The molecule has 40 heavy (non-hydrogen) atoms. The van der Waals surface area contributed by atoms with E-state index in [1.165, 1.54) is 41.5 Å². The van der Waals surface area contributed by atoms with Crippen molar-refractivity contribution in [2.75, 3.05) is 0 Å². The fraction of sp³-hybridized carbons (Fsp3) is 0.259. The van der Waals surface area contributed by atoms with E-state index in [1.807, 2.05) is 4.90 Å². The number of allylic oxidation sites excluding steroid dienone is 1. The monoisotopic (exact) mass is 564 g/mol. The highest BCUT2D eigenvalue weighted by Crippen LogP contribution is 2.38. The minimum Gasteiger partial charge on any atom is -0.366 e. The number of nitrogens with zero attached hydrogens (tertiary/aromatic N) is 6. The van der Waals surface area contributed by atoms with Crippen LogP contribution in [-0.4, -0.2) is 59.0 Å². The highest BCUT2D eigenvalue weighted by Gasteiger charge is 2.38. The summed E-state index contributed by atoms with van der Waals surface area (Å²) in [6.07, 6.45) is 7.49.